The number of phenolic OH excluding ortho intramolecular Hbond substituents is 1. The van der Waals surface area contributed by atoms with Crippen molar-refractivity contribution in [1.29, 1.82) is 0 Å². The Kier molecular flexibility index (Phi) is 4.54. The lowest BCUT2D eigenvalue weighted by Crippen LogP contribution is -2.18. The minimum Gasteiger partial charge on any atom is -0.508 e. The molecule has 0 aliphatic heterocycles. The number of aliphatic hydroxyl groups is 1. The van der Waals surface area contributed by atoms with E-state index in [9.17, 15) is 15.0 Å². The van der Waals surface area contributed by atoms with Crippen LogP contribution in [-0.2, 0) is 16.0 Å². The van der Waals surface area contributed by atoms with Gasteiger partial charge in [0, 0.05) is 18.1 Å². The first-order valence-corrected chi connectivity index (χ1v) is 4.91. The Morgan fingerprint density at radius 2 is 2.19 bits per heavy atom. The number of rotatable bonds is 4. The molecule has 4 heteroatoms. The molecule has 1 aromatic rings. The molecule has 16 heavy (non-hydrogen) atoms. The number of carbonyl (C=O) groups excluding carboxylic acids is 1. The third-order valence-corrected chi connectivity index (χ3v) is 1.94. The molecule has 0 aliphatic rings. The fourth-order valence-electron chi connectivity index (χ4n) is 1.22. The Balaban J connectivity index is 2.55. The first-order valence-electron chi connectivity index (χ1n) is 4.91. The quantitative estimate of drug-likeness (QED) is 0.458. The smallest absolute Gasteiger partial charge is 0.332 e. The minimum atomic E-state index is -1.25. The largest absolute Gasteiger partial charge is 0.508 e. The van der Waals surface area contributed by atoms with Crippen molar-refractivity contribution in [2.45, 2.75) is 19.6 Å². The fraction of sp³-hybridized carbons (Fsp3) is 0.250. The van der Waals surface area contributed by atoms with Crippen LogP contribution in [-0.4, -0.2) is 22.5 Å². The molecule has 0 amide bonds. The fourth-order valence-corrected chi connectivity index (χ4v) is 1.22. The van der Waals surface area contributed by atoms with E-state index in [1.54, 1.807) is 25.1 Å². The number of benzene rings is 1. The van der Waals surface area contributed by atoms with Gasteiger partial charge < -0.3 is 14.9 Å². The van der Waals surface area contributed by atoms with Gasteiger partial charge in [-0.05, 0) is 13.0 Å². The Labute approximate surface area is 93.8 Å². The van der Waals surface area contributed by atoms with Crippen LogP contribution >= 0.6 is 0 Å². The minimum absolute atomic E-state index is 0.0654. The lowest BCUT2D eigenvalue weighted by molar-refractivity contribution is -0.161. The second-order valence-electron chi connectivity index (χ2n) is 3.22. The van der Waals surface area contributed by atoms with Crippen molar-refractivity contribution < 1.29 is 19.7 Å². The van der Waals surface area contributed by atoms with Gasteiger partial charge in [-0.2, -0.15) is 0 Å². The summed E-state index contributed by atoms with van der Waals surface area (Å²) in [6.07, 6.45) is 1.55. The van der Waals surface area contributed by atoms with Crippen LogP contribution in [0.5, 0.6) is 5.75 Å². The molecule has 0 aromatic heterocycles. The molecule has 0 radical (unpaired) electrons. The molecule has 0 aliphatic carbocycles. The third kappa shape index (κ3) is 3.74. The zero-order chi connectivity index (χ0) is 12.0. The molecule has 1 rings (SSSR count). The number of hydrogen-bond acceptors (Lipinski definition) is 4. The highest BCUT2D eigenvalue weighted by atomic mass is 16.6. The second-order valence-corrected chi connectivity index (χ2v) is 3.22. The zero-order valence-electron chi connectivity index (χ0n) is 8.96. The first kappa shape index (κ1) is 12.3. The highest BCUT2D eigenvalue weighted by Gasteiger charge is 2.11. The van der Waals surface area contributed by atoms with Crippen molar-refractivity contribution in [3.05, 3.63) is 42.0 Å². The lowest BCUT2D eigenvalue weighted by atomic mass is 10.1. The summed E-state index contributed by atoms with van der Waals surface area (Å²) in [5.41, 5.74) is 0.531. The van der Waals surface area contributed by atoms with Crippen molar-refractivity contribution in [2.24, 2.45) is 0 Å². The number of carbonyl (C=O) groups is 1. The highest BCUT2D eigenvalue weighted by molar-refractivity contribution is 5.81. The maximum absolute atomic E-state index is 11.0. The van der Waals surface area contributed by atoms with Crippen LogP contribution in [0.2, 0.25) is 0 Å². The topological polar surface area (TPSA) is 66.8 Å². The van der Waals surface area contributed by atoms with Gasteiger partial charge in [-0.3, -0.25) is 0 Å². The average Bonchev–Trinajstić information content (AvgIpc) is 2.21. The SMILES string of the molecule is CC=CC(=O)OC(O)Cc1ccccc1O. The summed E-state index contributed by atoms with van der Waals surface area (Å²) in [7, 11) is 0. The molecule has 0 bridgehead atoms. The van der Waals surface area contributed by atoms with Gasteiger partial charge in [-0.1, -0.05) is 24.3 Å². The monoisotopic (exact) mass is 222 g/mol. The number of aliphatic hydroxyl groups excluding tert-OH is 1. The van der Waals surface area contributed by atoms with Crippen LogP contribution in [0.25, 0.3) is 0 Å². The van der Waals surface area contributed by atoms with Crippen molar-refractivity contribution in [3.63, 3.8) is 0 Å². The summed E-state index contributed by atoms with van der Waals surface area (Å²) >= 11 is 0. The Morgan fingerprint density at radius 3 is 2.81 bits per heavy atom. The van der Waals surface area contributed by atoms with E-state index < -0.39 is 12.3 Å². The molecule has 0 fully saturated rings. The molecule has 2 N–H and O–H groups in total. The van der Waals surface area contributed by atoms with Gasteiger partial charge in [-0.25, -0.2) is 4.79 Å². The molecular formula is C12H14O4. The predicted octanol–water partition coefficient (Wildman–Crippen LogP) is 1.37. The van der Waals surface area contributed by atoms with Crippen molar-refractivity contribution >= 4 is 5.97 Å². The normalized spacial score (nSPS) is 12.6. The Hall–Kier alpha value is -1.81. The van der Waals surface area contributed by atoms with Crippen molar-refractivity contribution in [2.75, 3.05) is 0 Å². The molecule has 86 valence electrons. The summed E-state index contributed by atoms with van der Waals surface area (Å²) < 4.78 is 4.67. The Morgan fingerprint density at radius 1 is 1.50 bits per heavy atom. The van der Waals surface area contributed by atoms with Gasteiger partial charge in [0.15, 0.2) is 0 Å². The summed E-state index contributed by atoms with van der Waals surface area (Å²) in [6.45, 7) is 1.68. The van der Waals surface area contributed by atoms with Gasteiger partial charge in [0.25, 0.3) is 0 Å². The molecule has 1 unspecified atom stereocenters. The molecule has 4 nitrogen and oxygen atoms in total. The maximum Gasteiger partial charge on any atom is 0.332 e. The van der Waals surface area contributed by atoms with Crippen LogP contribution in [0.1, 0.15) is 12.5 Å². The number of ether oxygens (including phenoxy) is 1. The Bertz CT molecular complexity index is 384. The van der Waals surface area contributed by atoms with Gasteiger partial charge in [0.1, 0.15) is 5.75 Å². The van der Waals surface area contributed by atoms with Crippen LogP contribution in [0.4, 0.5) is 0 Å². The maximum atomic E-state index is 11.0. The van der Waals surface area contributed by atoms with E-state index in [2.05, 4.69) is 4.74 Å². The number of para-hydroxylation sites is 1. The van der Waals surface area contributed by atoms with E-state index in [4.69, 9.17) is 0 Å². The molecule has 0 saturated heterocycles. The number of aromatic hydroxyl groups is 1. The van der Waals surface area contributed by atoms with Gasteiger partial charge >= 0.3 is 5.97 Å². The van der Waals surface area contributed by atoms with Crippen molar-refractivity contribution in [3.8, 4) is 5.75 Å². The standard InChI is InChI=1S/C12H14O4/c1-2-5-11(14)16-12(15)8-9-6-3-4-7-10(9)13/h2-7,12-13,15H,8H2,1H3. The van der Waals surface area contributed by atoms with Gasteiger partial charge in [-0.15, -0.1) is 0 Å². The van der Waals surface area contributed by atoms with Crippen LogP contribution in [0, 0.1) is 0 Å². The third-order valence-electron chi connectivity index (χ3n) is 1.94. The summed E-state index contributed by atoms with van der Waals surface area (Å²) in [5.74, 6) is -0.533. The number of esters is 1. The number of phenols is 1. The summed E-state index contributed by atoms with van der Waals surface area (Å²) in [4.78, 5) is 11.0. The first-order chi connectivity index (χ1) is 7.63. The molecule has 1 aromatic carbocycles. The number of allylic oxidation sites excluding steroid dienone is 1. The van der Waals surface area contributed by atoms with E-state index >= 15 is 0 Å². The zero-order valence-corrected chi connectivity index (χ0v) is 8.96. The highest BCUT2D eigenvalue weighted by Crippen LogP contribution is 2.17. The lowest BCUT2D eigenvalue weighted by Gasteiger charge is -2.11. The molecule has 0 spiro atoms. The van der Waals surface area contributed by atoms with Crippen LogP contribution in [0.3, 0.4) is 0 Å². The summed E-state index contributed by atoms with van der Waals surface area (Å²) in [5, 5.41) is 18.9. The van der Waals surface area contributed by atoms with Crippen molar-refractivity contribution in [1.82, 2.24) is 0 Å². The van der Waals surface area contributed by atoms with E-state index in [0.29, 0.717) is 5.56 Å². The van der Waals surface area contributed by atoms with Crippen LogP contribution in [0.15, 0.2) is 36.4 Å². The average molecular weight is 222 g/mol. The summed E-state index contributed by atoms with van der Waals surface area (Å²) in [6, 6.07) is 6.57. The second kappa shape index (κ2) is 5.92. The van der Waals surface area contributed by atoms with Gasteiger partial charge in [0.2, 0.25) is 6.29 Å². The van der Waals surface area contributed by atoms with E-state index in [1.807, 2.05) is 0 Å². The van der Waals surface area contributed by atoms with Gasteiger partial charge in [0.05, 0.1) is 0 Å². The molecule has 0 saturated carbocycles. The molecule has 1 atom stereocenters. The molecular weight excluding hydrogens is 208 g/mol. The number of hydrogen-bond donors (Lipinski definition) is 2. The predicted molar refractivity (Wildman–Crippen MR) is 58.7 cm³/mol. The van der Waals surface area contributed by atoms with E-state index in [-0.39, 0.29) is 12.2 Å². The molecule has 0 heterocycles. The van der Waals surface area contributed by atoms with Crippen LogP contribution < -0.4 is 0 Å². The van der Waals surface area contributed by atoms with E-state index in [0.717, 1.165) is 0 Å². The van der Waals surface area contributed by atoms with E-state index in [1.165, 1.54) is 18.2 Å².